The minimum atomic E-state index is -5.39. The van der Waals surface area contributed by atoms with Gasteiger partial charge in [-0.3, -0.25) is 9.11 Å². The fraction of sp³-hybridized carbons (Fsp3) is 0. The number of hydrogen-bond acceptors (Lipinski definition) is 6. The summed E-state index contributed by atoms with van der Waals surface area (Å²) in [6.07, 6.45) is 0. The summed E-state index contributed by atoms with van der Waals surface area (Å²) in [6.45, 7) is 0. The molecule has 2 unspecified atom stereocenters. The number of hydrogen-bond donors (Lipinski definition) is 2. The van der Waals surface area contributed by atoms with E-state index >= 15 is 0 Å². The SMILES string of the molecule is O=P([O-])([O-])[O-].O=S(O)S(=O)O.[Na+].[Zn+2]. The van der Waals surface area contributed by atoms with Gasteiger partial charge in [0, 0.05) is 0 Å². The Morgan fingerprint density at radius 2 is 1.08 bits per heavy atom. The molecule has 0 radical (unpaired) electrons. The third kappa shape index (κ3) is 56.3. The first-order valence-corrected chi connectivity index (χ1v) is 5.79. The van der Waals surface area contributed by atoms with E-state index < -0.39 is 28.0 Å². The summed E-state index contributed by atoms with van der Waals surface area (Å²) in [5.41, 5.74) is 0. The third-order valence-electron chi connectivity index (χ3n) is 0.122. The molecule has 8 nitrogen and oxygen atoms in total. The Morgan fingerprint density at radius 3 is 1.08 bits per heavy atom. The molecular weight excluding hydrogens is 311 g/mol. The van der Waals surface area contributed by atoms with Gasteiger partial charge in [0.15, 0.2) is 0 Å². The average molecular weight is 313 g/mol. The fourth-order valence-corrected chi connectivity index (χ4v) is 0. The Hall–Kier alpha value is 1.95. The zero-order valence-corrected chi connectivity index (χ0v) is 13.8. The topological polar surface area (TPSA) is 161 Å². The summed E-state index contributed by atoms with van der Waals surface area (Å²) in [7, 11) is -10.6. The zero-order valence-electron chi connectivity index (χ0n) is 6.31. The second-order valence-electron chi connectivity index (χ2n) is 0.881. The molecule has 0 heterocycles. The van der Waals surface area contributed by atoms with Crippen LogP contribution in [0.1, 0.15) is 0 Å². The first-order valence-electron chi connectivity index (χ1n) is 1.60. The smallest absolute Gasteiger partial charge is 0.822 e. The van der Waals surface area contributed by atoms with Gasteiger partial charge in [0.05, 0.1) is 0 Å². The van der Waals surface area contributed by atoms with Crippen molar-refractivity contribution < 1.29 is 85.8 Å². The van der Waals surface area contributed by atoms with Gasteiger partial charge in [0.1, 0.15) is 0 Å². The maximum Gasteiger partial charge on any atom is 2.00 e. The molecule has 0 saturated heterocycles. The van der Waals surface area contributed by atoms with Crippen molar-refractivity contribution in [2.45, 2.75) is 0 Å². The summed E-state index contributed by atoms with van der Waals surface area (Å²) >= 11 is 0. The van der Waals surface area contributed by atoms with Gasteiger partial charge >= 0.3 is 49.0 Å². The van der Waals surface area contributed by atoms with Crippen LogP contribution in [0.4, 0.5) is 0 Å². The van der Waals surface area contributed by atoms with Crippen LogP contribution >= 0.6 is 7.82 Å². The molecule has 0 saturated carbocycles. The van der Waals surface area contributed by atoms with Crippen LogP contribution < -0.4 is 44.2 Å². The quantitative estimate of drug-likeness (QED) is 0.209. The minimum absolute atomic E-state index is 0. The Morgan fingerprint density at radius 1 is 1.00 bits per heavy atom. The normalized spacial score (nSPS) is 13.6. The van der Waals surface area contributed by atoms with Gasteiger partial charge in [-0.05, 0) is 0 Å². The van der Waals surface area contributed by atoms with E-state index in [1.807, 2.05) is 0 Å². The molecule has 0 aromatic heterocycles. The predicted molar refractivity (Wildman–Crippen MR) is 29.1 cm³/mol. The van der Waals surface area contributed by atoms with Crippen molar-refractivity contribution >= 4 is 28.0 Å². The molecule has 0 aromatic rings. The average Bonchev–Trinajstić information content (AvgIpc) is 1.59. The maximum absolute atomic E-state index is 9.26. The molecule has 0 spiro atoms. The maximum atomic E-state index is 9.26. The van der Waals surface area contributed by atoms with Gasteiger partial charge in [-0.1, -0.05) is 0 Å². The van der Waals surface area contributed by atoms with Crippen LogP contribution in [0, 0.1) is 0 Å². The van der Waals surface area contributed by atoms with Crippen LogP contribution in [0.3, 0.4) is 0 Å². The van der Waals surface area contributed by atoms with Gasteiger partial charge in [-0.2, -0.15) is 7.82 Å². The minimum Gasteiger partial charge on any atom is -0.822 e. The Labute approximate surface area is 113 Å². The van der Waals surface area contributed by atoms with E-state index in [0.717, 1.165) is 0 Å². The van der Waals surface area contributed by atoms with E-state index in [0.29, 0.717) is 0 Å². The molecule has 0 aromatic carbocycles. The summed E-state index contributed by atoms with van der Waals surface area (Å²) in [5.74, 6) is 0. The van der Waals surface area contributed by atoms with Gasteiger partial charge < -0.3 is 19.2 Å². The van der Waals surface area contributed by atoms with E-state index in [4.69, 9.17) is 28.4 Å². The van der Waals surface area contributed by atoms with Crippen molar-refractivity contribution in [3.63, 3.8) is 0 Å². The molecule has 0 fully saturated rings. The van der Waals surface area contributed by atoms with E-state index in [-0.39, 0.29) is 49.0 Å². The molecule has 0 amide bonds. The third-order valence-corrected chi connectivity index (χ3v) is 1.10. The van der Waals surface area contributed by atoms with Crippen molar-refractivity contribution in [2.75, 3.05) is 0 Å². The molecule has 0 rings (SSSR count). The summed E-state index contributed by atoms with van der Waals surface area (Å²) in [6, 6.07) is 0. The predicted octanol–water partition coefficient (Wildman–Crippen LogP) is -6.48. The molecule has 2 atom stereocenters. The monoisotopic (exact) mass is 312 g/mol. The van der Waals surface area contributed by atoms with Crippen molar-refractivity contribution in [2.24, 2.45) is 0 Å². The molecule has 0 aliphatic rings. The van der Waals surface area contributed by atoms with Gasteiger partial charge in [0.25, 0.3) is 20.2 Å². The van der Waals surface area contributed by atoms with Crippen LogP contribution in [-0.4, -0.2) is 17.5 Å². The fourth-order valence-electron chi connectivity index (χ4n) is 0. The first kappa shape index (κ1) is 24.3. The molecule has 70 valence electrons. The van der Waals surface area contributed by atoms with Gasteiger partial charge in [-0.25, -0.2) is 8.42 Å². The summed E-state index contributed by atoms with van der Waals surface area (Å²) in [4.78, 5) is 25.6. The summed E-state index contributed by atoms with van der Waals surface area (Å²) in [5, 5.41) is 0. The van der Waals surface area contributed by atoms with Crippen molar-refractivity contribution in [3.8, 4) is 0 Å². The van der Waals surface area contributed by atoms with Gasteiger partial charge in [-0.15, -0.1) is 0 Å². The Kier molecular flexibility index (Phi) is 22.4. The van der Waals surface area contributed by atoms with E-state index in [9.17, 15) is 8.42 Å². The Bertz CT molecular complexity index is 178. The van der Waals surface area contributed by atoms with Gasteiger partial charge in [0.2, 0.25) is 0 Å². The van der Waals surface area contributed by atoms with Crippen molar-refractivity contribution in [1.29, 1.82) is 0 Å². The van der Waals surface area contributed by atoms with E-state index in [1.54, 1.807) is 0 Å². The van der Waals surface area contributed by atoms with Crippen LogP contribution in [0.5, 0.6) is 0 Å². The first-order chi connectivity index (χ1) is 4.64. The van der Waals surface area contributed by atoms with Crippen LogP contribution in [0.15, 0.2) is 0 Å². The number of rotatable bonds is 1. The van der Waals surface area contributed by atoms with E-state index in [2.05, 4.69) is 0 Å². The molecule has 0 aliphatic heterocycles. The summed E-state index contributed by atoms with van der Waals surface area (Å²) < 4.78 is 42.2. The molecule has 13 heavy (non-hydrogen) atoms. The van der Waals surface area contributed by atoms with Crippen LogP contribution in [0.2, 0.25) is 0 Å². The number of phosphoric acid groups is 1. The van der Waals surface area contributed by atoms with E-state index in [1.165, 1.54) is 0 Å². The van der Waals surface area contributed by atoms with Crippen molar-refractivity contribution in [1.82, 2.24) is 0 Å². The molecule has 13 heteroatoms. The largest absolute Gasteiger partial charge is 2.00 e. The molecular formula is H2NaO8PS2Zn. The zero-order chi connectivity index (χ0) is 9.65. The molecule has 0 bridgehead atoms. The standard InChI is InChI=1S/Na.H3O4P.H2O4S2.Zn/c;1-5(2,3)4;1-5(2)6(3)4;/h;(H3,1,2,3,4);(H,1,2)(H,3,4);/q+1;;;+2/p-3. The van der Waals surface area contributed by atoms with Crippen LogP contribution in [-0.2, 0) is 44.3 Å². The Balaban J connectivity index is -0.0000000546. The molecule has 0 aliphatic carbocycles. The second-order valence-corrected chi connectivity index (χ2v) is 4.36. The second kappa shape index (κ2) is 12.0. The van der Waals surface area contributed by atoms with Crippen molar-refractivity contribution in [3.05, 3.63) is 0 Å². The van der Waals surface area contributed by atoms with Crippen LogP contribution in [0.25, 0.3) is 0 Å². The molecule has 2 N–H and O–H groups in total.